The van der Waals surface area contributed by atoms with Crippen molar-refractivity contribution in [2.24, 2.45) is 0 Å². The number of carbonyl (C=O) groups is 1. The Bertz CT molecular complexity index is 706. The van der Waals surface area contributed by atoms with Crippen LogP contribution in [-0.4, -0.2) is 28.0 Å². The Hall–Kier alpha value is -2.44. The van der Waals surface area contributed by atoms with E-state index in [0.717, 1.165) is 43.8 Å². The zero-order valence-corrected chi connectivity index (χ0v) is 13.7. The summed E-state index contributed by atoms with van der Waals surface area (Å²) in [4.78, 5) is 19.9. The minimum Gasteiger partial charge on any atom is -0.466 e. The maximum Gasteiger partial charge on any atom is 0.316 e. The van der Waals surface area contributed by atoms with Crippen molar-refractivity contribution in [3.63, 3.8) is 0 Å². The molecule has 0 aromatic carbocycles. The lowest BCUT2D eigenvalue weighted by Gasteiger charge is -2.28. The lowest BCUT2D eigenvalue weighted by Crippen LogP contribution is -2.39. The molecule has 128 valence electrons. The third kappa shape index (κ3) is 3.90. The molecule has 3 rings (SSSR count). The van der Waals surface area contributed by atoms with Crippen molar-refractivity contribution in [2.45, 2.75) is 51.7 Å². The number of nitrogens with zero attached hydrogens (tertiary/aromatic N) is 2. The summed E-state index contributed by atoms with van der Waals surface area (Å²) in [6, 6.07) is 2.06. The fourth-order valence-electron chi connectivity index (χ4n) is 2.95. The molecule has 0 aliphatic heterocycles. The average Bonchev–Trinajstić information content (AvgIpc) is 2.90. The molecule has 0 radical (unpaired) electrons. The van der Waals surface area contributed by atoms with Crippen molar-refractivity contribution in [1.29, 1.82) is 0 Å². The Morgan fingerprint density at radius 3 is 2.50 bits per heavy atom. The molecule has 2 aromatic heterocycles. The lowest BCUT2D eigenvalue weighted by molar-refractivity contribution is 0.0883. The number of ether oxygens (including phenoxy) is 1. The largest absolute Gasteiger partial charge is 0.466 e. The van der Waals surface area contributed by atoms with Gasteiger partial charge in [-0.3, -0.25) is 4.79 Å². The first-order valence-electron chi connectivity index (χ1n) is 8.03. The van der Waals surface area contributed by atoms with Gasteiger partial charge in [0.2, 0.25) is 0 Å². The van der Waals surface area contributed by atoms with Crippen molar-refractivity contribution in [1.82, 2.24) is 15.3 Å². The maximum absolute atomic E-state index is 12.8. The van der Waals surface area contributed by atoms with Gasteiger partial charge in [0.1, 0.15) is 17.6 Å². The molecule has 1 amide bonds. The van der Waals surface area contributed by atoms with Gasteiger partial charge in [-0.25, -0.2) is 14.4 Å². The second-order valence-corrected chi connectivity index (χ2v) is 6.08. The highest BCUT2D eigenvalue weighted by molar-refractivity contribution is 5.95. The van der Waals surface area contributed by atoms with E-state index in [9.17, 15) is 9.18 Å². The van der Waals surface area contributed by atoms with Gasteiger partial charge in [0.05, 0.1) is 18.0 Å². The number of aryl methyl sites for hydroxylation is 2. The molecule has 1 N–H and O–H groups in total. The third-order valence-corrected chi connectivity index (χ3v) is 4.16. The van der Waals surface area contributed by atoms with Gasteiger partial charge in [-0.2, -0.15) is 0 Å². The minimum absolute atomic E-state index is 0.0125. The van der Waals surface area contributed by atoms with Crippen LogP contribution in [0.5, 0.6) is 6.01 Å². The van der Waals surface area contributed by atoms with Gasteiger partial charge >= 0.3 is 6.01 Å². The summed E-state index contributed by atoms with van der Waals surface area (Å²) in [6.07, 6.45) is 5.36. The average molecular weight is 333 g/mol. The summed E-state index contributed by atoms with van der Waals surface area (Å²) in [5.74, 6) is 0.777. The molecule has 0 unspecified atom stereocenters. The van der Waals surface area contributed by atoms with E-state index in [0.29, 0.717) is 11.3 Å². The number of aromatic nitrogens is 2. The number of carbonyl (C=O) groups excluding carboxylic acids is 1. The van der Waals surface area contributed by atoms with E-state index in [1.807, 2.05) is 6.92 Å². The van der Waals surface area contributed by atoms with E-state index in [1.54, 1.807) is 13.0 Å². The zero-order chi connectivity index (χ0) is 17.1. The fraction of sp³-hybridized carbons (Fsp3) is 0.471. The van der Waals surface area contributed by atoms with Gasteiger partial charge in [-0.05, 0) is 45.6 Å². The summed E-state index contributed by atoms with van der Waals surface area (Å²) in [6.45, 7) is 3.61. The number of furan rings is 1. The summed E-state index contributed by atoms with van der Waals surface area (Å²) >= 11 is 0. The molecule has 1 saturated carbocycles. The van der Waals surface area contributed by atoms with Crippen LogP contribution in [0.2, 0.25) is 0 Å². The molecule has 1 aliphatic carbocycles. The summed E-state index contributed by atoms with van der Waals surface area (Å²) < 4.78 is 23.8. The Kier molecular flexibility index (Phi) is 4.78. The predicted octanol–water partition coefficient (Wildman–Crippen LogP) is 2.95. The molecule has 0 spiro atoms. The Balaban J connectivity index is 1.49. The number of halogens is 1. The van der Waals surface area contributed by atoms with Crippen LogP contribution >= 0.6 is 0 Å². The minimum atomic E-state index is -0.487. The second-order valence-electron chi connectivity index (χ2n) is 6.08. The molecule has 0 bridgehead atoms. The van der Waals surface area contributed by atoms with Gasteiger partial charge in [0.15, 0.2) is 5.82 Å². The van der Waals surface area contributed by atoms with Crippen molar-refractivity contribution in [3.8, 4) is 6.01 Å². The highest BCUT2D eigenvalue weighted by atomic mass is 19.1. The smallest absolute Gasteiger partial charge is 0.316 e. The lowest BCUT2D eigenvalue weighted by atomic mass is 9.92. The van der Waals surface area contributed by atoms with Crippen LogP contribution in [0.4, 0.5) is 4.39 Å². The van der Waals surface area contributed by atoms with Crippen LogP contribution in [0.3, 0.4) is 0 Å². The van der Waals surface area contributed by atoms with E-state index >= 15 is 0 Å². The highest BCUT2D eigenvalue weighted by Crippen LogP contribution is 2.23. The van der Waals surface area contributed by atoms with E-state index < -0.39 is 5.82 Å². The fourth-order valence-corrected chi connectivity index (χ4v) is 2.95. The second kappa shape index (κ2) is 6.98. The summed E-state index contributed by atoms with van der Waals surface area (Å²) in [5, 5.41) is 3.05. The van der Waals surface area contributed by atoms with Gasteiger partial charge in [-0.1, -0.05) is 0 Å². The molecule has 24 heavy (non-hydrogen) atoms. The van der Waals surface area contributed by atoms with Crippen molar-refractivity contribution in [3.05, 3.63) is 41.4 Å². The number of hydrogen-bond acceptors (Lipinski definition) is 5. The van der Waals surface area contributed by atoms with E-state index in [1.165, 1.54) is 0 Å². The van der Waals surface area contributed by atoms with Gasteiger partial charge in [-0.15, -0.1) is 0 Å². The van der Waals surface area contributed by atoms with Crippen LogP contribution in [0, 0.1) is 19.7 Å². The number of nitrogens with one attached hydrogen (secondary N) is 1. The first kappa shape index (κ1) is 16.4. The Morgan fingerprint density at radius 1 is 1.25 bits per heavy atom. The van der Waals surface area contributed by atoms with Crippen LogP contribution in [0.25, 0.3) is 0 Å². The van der Waals surface area contributed by atoms with Crippen LogP contribution in [0.15, 0.2) is 22.9 Å². The molecule has 0 saturated heterocycles. The molecule has 1 aliphatic rings. The molecule has 6 nitrogen and oxygen atoms in total. The molecular weight excluding hydrogens is 313 g/mol. The van der Waals surface area contributed by atoms with Crippen molar-refractivity contribution >= 4 is 5.91 Å². The van der Waals surface area contributed by atoms with Crippen LogP contribution in [-0.2, 0) is 0 Å². The molecule has 1 fully saturated rings. The zero-order valence-electron chi connectivity index (χ0n) is 13.7. The first-order chi connectivity index (χ1) is 11.5. The summed E-state index contributed by atoms with van der Waals surface area (Å²) in [7, 11) is 0. The Labute approximate surface area is 139 Å². The van der Waals surface area contributed by atoms with E-state index in [-0.39, 0.29) is 24.1 Å². The van der Waals surface area contributed by atoms with Gasteiger partial charge in [0.25, 0.3) is 5.91 Å². The SMILES string of the molecule is Cc1cc(C(=O)NC2CCC(Oc3ncc(F)cn3)CC2)c(C)o1. The highest BCUT2D eigenvalue weighted by Gasteiger charge is 2.25. The van der Waals surface area contributed by atoms with Gasteiger partial charge in [0, 0.05) is 6.04 Å². The first-order valence-corrected chi connectivity index (χ1v) is 8.03. The molecule has 2 aromatic rings. The molecule has 7 heteroatoms. The van der Waals surface area contributed by atoms with Crippen LogP contribution < -0.4 is 10.1 Å². The van der Waals surface area contributed by atoms with Crippen molar-refractivity contribution in [2.75, 3.05) is 0 Å². The topological polar surface area (TPSA) is 77.2 Å². The number of amides is 1. The summed E-state index contributed by atoms with van der Waals surface area (Å²) in [5.41, 5.74) is 0.589. The van der Waals surface area contributed by atoms with Gasteiger partial charge < -0.3 is 14.5 Å². The normalized spacial score (nSPS) is 20.6. The van der Waals surface area contributed by atoms with E-state index in [2.05, 4.69) is 15.3 Å². The molecule has 0 atom stereocenters. The maximum atomic E-state index is 12.8. The standard InChI is InChI=1S/C17H20FN3O3/c1-10-7-15(11(2)23-10)16(22)21-13-3-5-14(6-4-13)24-17-19-8-12(18)9-20-17/h7-9,13-14H,3-6H2,1-2H3,(H,21,22). The van der Waals surface area contributed by atoms with E-state index in [4.69, 9.17) is 9.15 Å². The monoisotopic (exact) mass is 333 g/mol. The van der Waals surface area contributed by atoms with Crippen molar-refractivity contribution < 1.29 is 18.3 Å². The third-order valence-electron chi connectivity index (χ3n) is 4.16. The quantitative estimate of drug-likeness (QED) is 0.931. The Morgan fingerprint density at radius 2 is 1.92 bits per heavy atom. The molecular formula is C17H20FN3O3. The number of hydrogen-bond donors (Lipinski definition) is 1. The molecule has 2 heterocycles. The predicted molar refractivity (Wildman–Crippen MR) is 84.3 cm³/mol. The number of rotatable bonds is 4. The van der Waals surface area contributed by atoms with Crippen LogP contribution in [0.1, 0.15) is 47.6 Å².